The number of nitrogens with zero attached hydrogens (tertiary/aromatic N) is 1. The molecule has 1 saturated heterocycles. The maximum atomic E-state index is 12.3. The summed E-state index contributed by atoms with van der Waals surface area (Å²) in [7, 11) is 1.43. The van der Waals surface area contributed by atoms with Gasteiger partial charge in [-0.05, 0) is 31.5 Å². The molecule has 0 bridgehead atoms. The van der Waals surface area contributed by atoms with Crippen molar-refractivity contribution < 1.29 is 22.6 Å². The number of hydrogen-bond acceptors (Lipinski definition) is 4. The Bertz CT molecular complexity index is 523. The Morgan fingerprint density at radius 1 is 1.26 bits per heavy atom. The lowest BCUT2D eigenvalue weighted by molar-refractivity contribution is -0.153. The Kier molecular flexibility index (Phi) is 5.75. The Balaban J connectivity index is 2.06. The predicted octanol–water partition coefficient (Wildman–Crippen LogP) is 2.82. The van der Waals surface area contributed by atoms with Gasteiger partial charge in [0.05, 0.1) is 7.11 Å². The molecule has 0 amide bonds. The second kappa shape index (κ2) is 7.40. The van der Waals surface area contributed by atoms with Crippen molar-refractivity contribution in [3.63, 3.8) is 0 Å². The van der Waals surface area contributed by atoms with Gasteiger partial charge in [-0.25, -0.2) is 0 Å². The van der Waals surface area contributed by atoms with Crippen molar-refractivity contribution in [3.05, 3.63) is 23.8 Å². The van der Waals surface area contributed by atoms with E-state index in [2.05, 4.69) is 24.1 Å². The fourth-order valence-electron chi connectivity index (χ4n) is 2.64. The van der Waals surface area contributed by atoms with Gasteiger partial charge in [0.25, 0.3) is 0 Å². The van der Waals surface area contributed by atoms with Gasteiger partial charge in [-0.3, -0.25) is 4.90 Å². The van der Waals surface area contributed by atoms with E-state index in [0.717, 1.165) is 25.2 Å². The fraction of sp³-hybridized carbons (Fsp3) is 0.625. The quantitative estimate of drug-likeness (QED) is 0.899. The van der Waals surface area contributed by atoms with Crippen LogP contribution < -0.4 is 14.8 Å². The van der Waals surface area contributed by atoms with Crippen molar-refractivity contribution in [3.8, 4) is 11.5 Å². The first-order chi connectivity index (χ1) is 10.8. The van der Waals surface area contributed by atoms with E-state index in [1.807, 2.05) is 0 Å². The minimum atomic E-state index is -4.37. The van der Waals surface area contributed by atoms with Crippen molar-refractivity contribution in [1.82, 2.24) is 10.2 Å². The summed E-state index contributed by atoms with van der Waals surface area (Å²) in [6.07, 6.45) is -4.37. The Morgan fingerprint density at radius 2 is 2.00 bits per heavy atom. The predicted molar refractivity (Wildman–Crippen MR) is 81.9 cm³/mol. The van der Waals surface area contributed by atoms with Crippen LogP contribution in [0, 0.1) is 0 Å². The van der Waals surface area contributed by atoms with Gasteiger partial charge in [-0.15, -0.1) is 0 Å². The number of ether oxygens (including phenoxy) is 2. The molecule has 1 aliphatic heterocycles. The monoisotopic (exact) mass is 332 g/mol. The van der Waals surface area contributed by atoms with Crippen LogP contribution in [0.5, 0.6) is 11.5 Å². The highest BCUT2D eigenvalue weighted by molar-refractivity contribution is 5.43. The number of piperazine rings is 1. The fourth-order valence-corrected chi connectivity index (χ4v) is 2.64. The molecule has 7 heteroatoms. The van der Waals surface area contributed by atoms with Crippen molar-refractivity contribution in [2.45, 2.75) is 38.7 Å². The molecule has 0 saturated carbocycles. The summed E-state index contributed by atoms with van der Waals surface area (Å²) < 4.78 is 46.8. The van der Waals surface area contributed by atoms with Crippen LogP contribution in [0.3, 0.4) is 0 Å². The number of rotatable bonds is 5. The molecule has 0 aromatic heterocycles. The molecular weight excluding hydrogens is 309 g/mol. The lowest BCUT2D eigenvalue weighted by atomic mass is 10.1. The minimum absolute atomic E-state index is 0.107. The van der Waals surface area contributed by atoms with Gasteiger partial charge in [-0.2, -0.15) is 13.2 Å². The summed E-state index contributed by atoms with van der Waals surface area (Å²) >= 11 is 0. The molecule has 1 aromatic rings. The van der Waals surface area contributed by atoms with Gasteiger partial charge in [0, 0.05) is 31.7 Å². The van der Waals surface area contributed by atoms with E-state index in [0.29, 0.717) is 17.8 Å². The van der Waals surface area contributed by atoms with Crippen LogP contribution in [0.2, 0.25) is 0 Å². The molecule has 23 heavy (non-hydrogen) atoms. The number of benzene rings is 1. The molecule has 0 radical (unpaired) electrons. The molecular formula is C16H23F3N2O2. The average molecular weight is 332 g/mol. The number of nitrogens with one attached hydrogen (secondary N) is 1. The molecule has 1 heterocycles. The Morgan fingerprint density at radius 3 is 2.65 bits per heavy atom. The zero-order chi connectivity index (χ0) is 17.0. The lowest BCUT2D eigenvalue weighted by Gasteiger charge is -2.37. The van der Waals surface area contributed by atoms with E-state index in [1.165, 1.54) is 13.2 Å². The first-order valence-corrected chi connectivity index (χ1v) is 7.62. The van der Waals surface area contributed by atoms with Crippen LogP contribution in [-0.2, 0) is 6.54 Å². The molecule has 1 aromatic carbocycles. The highest BCUT2D eigenvalue weighted by Gasteiger charge is 2.29. The summed E-state index contributed by atoms with van der Waals surface area (Å²) in [5.74, 6) is 0.429. The van der Waals surface area contributed by atoms with Crippen LogP contribution in [0.1, 0.15) is 19.4 Å². The van der Waals surface area contributed by atoms with Crippen molar-refractivity contribution in [2.24, 2.45) is 0 Å². The van der Waals surface area contributed by atoms with E-state index in [1.54, 1.807) is 12.1 Å². The summed E-state index contributed by atoms with van der Waals surface area (Å²) in [4.78, 5) is 2.34. The third kappa shape index (κ3) is 5.28. The minimum Gasteiger partial charge on any atom is -0.493 e. The van der Waals surface area contributed by atoms with Gasteiger partial charge in [0.2, 0.25) is 0 Å². The van der Waals surface area contributed by atoms with Crippen molar-refractivity contribution in [1.29, 1.82) is 0 Å². The van der Waals surface area contributed by atoms with Crippen molar-refractivity contribution >= 4 is 0 Å². The standard InChI is InChI=1S/C16H23F3N2O2/c1-11-8-21(12(2)7-20-11)9-13-4-5-14(15(6-13)22-3)23-10-16(17,18)19/h4-6,11-12,20H,7-10H2,1-3H3. The third-order valence-electron chi connectivity index (χ3n) is 3.90. The largest absolute Gasteiger partial charge is 0.493 e. The number of halogens is 3. The maximum absolute atomic E-state index is 12.3. The van der Waals surface area contributed by atoms with E-state index >= 15 is 0 Å². The average Bonchev–Trinajstić information content (AvgIpc) is 2.48. The second-order valence-corrected chi connectivity index (χ2v) is 5.98. The summed E-state index contributed by atoms with van der Waals surface area (Å²) in [6.45, 7) is 5.53. The molecule has 0 aliphatic carbocycles. The van der Waals surface area contributed by atoms with Crippen molar-refractivity contribution in [2.75, 3.05) is 26.8 Å². The topological polar surface area (TPSA) is 33.7 Å². The summed E-state index contributed by atoms with van der Waals surface area (Å²) in [5.41, 5.74) is 0.988. The molecule has 4 nitrogen and oxygen atoms in total. The first kappa shape index (κ1) is 17.9. The zero-order valence-electron chi connectivity index (χ0n) is 13.6. The van der Waals surface area contributed by atoms with Gasteiger partial charge in [0.1, 0.15) is 0 Å². The van der Waals surface area contributed by atoms with Gasteiger partial charge in [0.15, 0.2) is 18.1 Å². The summed E-state index contributed by atoms with van der Waals surface area (Å²) in [5, 5.41) is 3.42. The van der Waals surface area contributed by atoms with E-state index < -0.39 is 12.8 Å². The molecule has 1 fully saturated rings. The molecule has 1 aliphatic rings. The Labute approximate surface area is 134 Å². The van der Waals surface area contributed by atoms with Crippen LogP contribution in [0.4, 0.5) is 13.2 Å². The number of methoxy groups -OCH3 is 1. The Hall–Kier alpha value is -1.47. The zero-order valence-corrected chi connectivity index (χ0v) is 13.6. The molecule has 2 rings (SSSR count). The molecule has 1 N–H and O–H groups in total. The van der Waals surface area contributed by atoms with Gasteiger partial charge >= 0.3 is 6.18 Å². The highest BCUT2D eigenvalue weighted by Crippen LogP contribution is 2.30. The number of alkyl halides is 3. The first-order valence-electron chi connectivity index (χ1n) is 7.62. The van der Waals surface area contributed by atoms with Crippen LogP contribution in [-0.4, -0.2) is 50.0 Å². The van der Waals surface area contributed by atoms with E-state index in [-0.39, 0.29) is 5.75 Å². The SMILES string of the molecule is COc1cc(CN2CC(C)NCC2C)ccc1OCC(F)(F)F. The highest BCUT2D eigenvalue weighted by atomic mass is 19.4. The number of hydrogen-bond donors (Lipinski definition) is 1. The summed E-state index contributed by atoms with van der Waals surface area (Å²) in [6, 6.07) is 5.88. The molecule has 2 unspecified atom stereocenters. The maximum Gasteiger partial charge on any atom is 0.422 e. The molecule has 0 spiro atoms. The lowest BCUT2D eigenvalue weighted by Crippen LogP contribution is -2.53. The van der Waals surface area contributed by atoms with Crippen LogP contribution in [0.25, 0.3) is 0 Å². The van der Waals surface area contributed by atoms with Crippen LogP contribution >= 0.6 is 0 Å². The normalized spacial score (nSPS) is 22.9. The molecule has 130 valence electrons. The van der Waals surface area contributed by atoms with E-state index in [9.17, 15) is 13.2 Å². The van der Waals surface area contributed by atoms with Gasteiger partial charge in [-0.1, -0.05) is 6.07 Å². The van der Waals surface area contributed by atoms with E-state index in [4.69, 9.17) is 9.47 Å². The smallest absolute Gasteiger partial charge is 0.422 e. The molecule has 2 atom stereocenters. The second-order valence-electron chi connectivity index (χ2n) is 5.98. The van der Waals surface area contributed by atoms with Gasteiger partial charge < -0.3 is 14.8 Å². The third-order valence-corrected chi connectivity index (χ3v) is 3.90. The van der Waals surface area contributed by atoms with Crippen LogP contribution in [0.15, 0.2) is 18.2 Å².